The van der Waals surface area contributed by atoms with Gasteiger partial charge in [0.1, 0.15) is 0 Å². The van der Waals surface area contributed by atoms with Crippen LogP contribution in [0, 0.1) is 13.8 Å². The van der Waals surface area contributed by atoms with Crippen molar-refractivity contribution in [3.63, 3.8) is 0 Å². The minimum Gasteiger partial charge on any atom is -0.389 e. The van der Waals surface area contributed by atoms with Gasteiger partial charge in [0.15, 0.2) is 0 Å². The monoisotopic (exact) mass is 307 g/mol. The fourth-order valence-electron chi connectivity index (χ4n) is 2.37. The van der Waals surface area contributed by atoms with E-state index < -0.39 is 6.10 Å². The van der Waals surface area contributed by atoms with Gasteiger partial charge < -0.3 is 9.84 Å². The first kappa shape index (κ1) is 19.1. The van der Waals surface area contributed by atoms with Gasteiger partial charge >= 0.3 is 0 Å². The largest absolute Gasteiger partial charge is 0.389 e. The summed E-state index contributed by atoms with van der Waals surface area (Å²) < 4.78 is 5.68. The van der Waals surface area contributed by atoms with Crippen molar-refractivity contribution in [2.75, 3.05) is 13.2 Å². The lowest BCUT2D eigenvalue weighted by atomic mass is 10.0. The van der Waals surface area contributed by atoms with Crippen LogP contribution in [0.2, 0.25) is 0 Å². The van der Waals surface area contributed by atoms with Gasteiger partial charge in [0.25, 0.3) is 0 Å². The molecule has 1 aromatic rings. The fraction of sp³-hybridized carbons (Fsp3) is 0.684. The Morgan fingerprint density at radius 2 is 1.82 bits per heavy atom. The Morgan fingerprint density at radius 3 is 2.32 bits per heavy atom. The molecular formula is C19H33NO2. The molecule has 22 heavy (non-hydrogen) atoms. The Balaban J connectivity index is 2.65. The van der Waals surface area contributed by atoms with Gasteiger partial charge in [-0.3, -0.25) is 4.90 Å². The fourth-order valence-corrected chi connectivity index (χ4v) is 2.37. The molecule has 3 nitrogen and oxygen atoms in total. The topological polar surface area (TPSA) is 32.7 Å². The van der Waals surface area contributed by atoms with E-state index in [-0.39, 0.29) is 5.60 Å². The number of rotatable bonds is 7. The molecule has 0 saturated heterocycles. The second-order valence-electron chi connectivity index (χ2n) is 7.53. The Bertz CT molecular complexity index is 463. The highest BCUT2D eigenvalue weighted by Gasteiger charge is 2.19. The molecule has 0 radical (unpaired) electrons. The lowest BCUT2D eigenvalue weighted by molar-refractivity contribution is -0.0587. The Kier molecular flexibility index (Phi) is 7.04. The molecule has 0 fully saturated rings. The molecule has 1 aromatic carbocycles. The van der Waals surface area contributed by atoms with Crippen LogP contribution in [0.5, 0.6) is 0 Å². The van der Waals surface area contributed by atoms with Gasteiger partial charge in [-0.05, 0) is 59.6 Å². The highest BCUT2D eigenvalue weighted by molar-refractivity contribution is 5.30. The summed E-state index contributed by atoms with van der Waals surface area (Å²) >= 11 is 0. The molecule has 0 aliphatic rings. The highest BCUT2D eigenvalue weighted by Crippen LogP contribution is 2.16. The van der Waals surface area contributed by atoms with Crippen molar-refractivity contribution in [3.8, 4) is 0 Å². The van der Waals surface area contributed by atoms with Crippen molar-refractivity contribution >= 4 is 0 Å². The third-order valence-corrected chi connectivity index (χ3v) is 3.76. The van der Waals surface area contributed by atoms with Gasteiger partial charge in [-0.2, -0.15) is 0 Å². The summed E-state index contributed by atoms with van der Waals surface area (Å²) in [6.07, 6.45) is -0.465. The number of aliphatic hydroxyl groups excluding tert-OH is 1. The zero-order valence-electron chi connectivity index (χ0n) is 15.3. The van der Waals surface area contributed by atoms with Gasteiger partial charge in [-0.25, -0.2) is 0 Å². The molecule has 0 bridgehead atoms. The normalized spacial score (nSPS) is 13.9. The summed E-state index contributed by atoms with van der Waals surface area (Å²) in [5.41, 5.74) is 3.71. The number of aliphatic hydroxyl groups is 1. The van der Waals surface area contributed by atoms with Crippen molar-refractivity contribution < 1.29 is 9.84 Å². The van der Waals surface area contributed by atoms with Crippen LogP contribution >= 0.6 is 0 Å². The average Bonchev–Trinajstić information content (AvgIpc) is 2.37. The minimum atomic E-state index is -0.465. The summed E-state index contributed by atoms with van der Waals surface area (Å²) in [5, 5.41) is 10.3. The van der Waals surface area contributed by atoms with E-state index in [0.717, 1.165) is 6.54 Å². The third-order valence-electron chi connectivity index (χ3n) is 3.76. The molecule has 0 amide bonds. The Morgan fingerprint density at radius 1 is 1.18 bits per heavy atom. The summed E-state index contributed by atoms with van der Waals surface area (Å²) in [7, 11) is 0. The molecule has 1 rings (SSSR count). The third kappa shape index (κ3) is 6.91. The molecule has 0 spiro atoms. The van der Waals surface area contributed by atoms with Gasteiger partial charge in [-0.15, -0.1) is 0 Å². The molecule has 1 N–H and O–H groups in total. The number of benzene rings is 1. The van der Waals surface area contributed by atoms with Gasteiger partial charge in [0, 0.05) is 19.1 Å². The van der Waals surface area contributed by atoms with Gasteiger partial charge in [0.2, 0.25) is 0 Å². The standard InChI is InChI=1S/C19H33NO2/c1-14(2)20(12-18(21)13-22-19(5,6)7)11-17-9-8-15(3)10-16(17)4/h8-10,14,18,21H,11-13H2,1-7H3/t18-/m1/s1. The zero-order chi connectivity index (χ0) is 16.9. The van der Waals surface area contributed by atoms with Crippen molar-refractivity contribution in [2.45, 2.75) is 72.8 Å². The number of hydrogen-bond donors (Lipinski definition) is 1. The van der Waals surface area contributed by atoms with E-state index in [2.05, 4.69) is 50.8 Å². The van der Waals surface area contributed by atoms with Crippen LogP contribution in [0.1, 0.15) is 51.3 Å². The molecule has 0 unspecified atom stereocenters. The van der Waals surface area contributed by atoms with E-state index in [1.807, 2.05) is 20.8 Å². The van der Waals surface area contributed by atoms with Crippen LogP contribution in [0.3, 0.4) is 0 Å². The van der Waals surface area contributed by atoms with Crippen LogP contribution in [-0.4, -0.2) is 40.9 Å². The molecular weight excluding hydrogens is 274 g/mol. The Hall–Kier alpha value is -0.900. The predicted molar refractivity (Wildman–Crippen MR) is 93.2 cm³/mol. The maximum atomic E-state index is 10.3. The second-order valence-corrected chi connectivity index (χ2v) is 7.53. The molecule has 0 aliphatic heterocycles. The predicted octanol–water partition coefficient (Wildman–Crippen LogP) is 3.69. The number of hydrogen-bond acceptors (Lipinski definition) is 3. The maximum Gasteiger partial charge on any atom is 0.0900 e. The first-order chi connectivity index (χ1) is 10.1. The highest BCUT2D eigenvalue weighted by atomic mass is 16.5. The van der Waals surface area contributed by atoms with Crippen LogP contribution in [-0.2, 0) is 11.3 Å². The van der Waals surface area contributed by atoms with Crippen molar-refractivity contribution in [2.24, 2.45) is 0 Å². The van der Waals surface area contributed by atoms with E-state index in [4.69, 9.17) is 4.74 Å². The second kappa shape index (κ2) is 8.09. The van der Waals surface area contributed by atoms with E-state index in [1.165, 1.54) is 16.7 Å². The average molecular weight is 307 g/mol. The molecule has 126 valence electrons. The SMILES string of the molecule is Cc1ccc(CN(C[C@@H](O)COC(C)(C)C)C(C)C)c(C)c1. The smallest absolute Gasteiger partial charge is 0.0900 e. The molecule has 0 aliphatic carbocycles. The van der Waals surface area contributed by atoms with Crippen LogP contribution in [0.4, 0.5) is 0 Å². The van der Waals surface area contributed by atoms with E-state index in [9.17, 15) is 5.11 Å². The maximum absolute atomic E-state index is 10.3. The minimum absolute atomic E-state index is 0.211. The number of aryl methyl sites for hydroxylation is 2. The lowest BCUT2D eigenvalue weighted by Gasteiger charge is -2.30. The van der Waals surface area contributed by atoms with Gasteiger partial charge in [-0.1, -0.05) is 23.8 Å². The number of nitrogens with zero attached hydrogens (tertiary/aromatic N) is 1. The summed E-state index contributed by atoms with van der Waals surface area (Å²) in [6.45, 7) is 16.5. The first-order valence-electron chi connectivity index (χ1n) is 8.20. The first-order valence-corrected chi connectivity index (χ1v) is 8.20. The zero-order valence-corrected chi connectivity index (χ0v) is 15.3. The van der Waals surface area contributed by atoms with Crippen LogP contribution < -0.4 is 0 Å². The van der Waals surface area contributed by atoms with E-state index in [0.29, 0.717) is 19.2 Å². The van der Waals surface area contributed by atoms with Crippen LogP contribution in [0.15, 0.2) is 18.2 Å². The van der Waals surface area contributed by atoms with E-state index in [1.54, 1.807) is 0 Å². The lowest BCUT2D eigenvalue weighted by Crippen LogP contribution is -2.40. The quantitative estimate of drug-likeness (QED) is 0.834. The summed E-state index contributed by atoms with van der Waals surface area (Å²) in [5.74, 6) is 0. The summed E-state index contributed by atoms with van der Waals surface area (Å²) in [6, 6.07) is 6.94. The molecule has 0 saturated carbocycles. The summed E-state index contributed by atoms with van der Waals surface area (Å²) in [4.78, 5) is 2.30. The molecule has 3 heteroatoms. The van der Waals surface area contributed by atoms with E-state index >= 15 is 0 Å². The molecule has 0 heterocycles. The van der Waals surface area contributed by atoms with Gasteiger partial charge in [0.05, 0.1) is 18.3 Å². The van der Waals surface area contributed by atoms with Crippen molar-refractivity contribution in [1.29, 1.82) is 0 Å². The number of ether oxygens (including phenoxy) is 1. The van der Waals surface area contributed by atoms with Crippen molar-refractivity contribution in [1.82, 2.24) is 4.90 Å². The Labute approximate surface area is 136 Å². The molecule has 0 aromatic heterocycles. The van der Waals surface area contributed by atoms with Crippen LogP contribution in [0.25, 0.3) is 0 Å². The van der Waals surface area contributed by atoms with Crippen molar-refractivity contribution in [3.05, 3.63) is 34.9 Å². The molecule has 1 atom stereocenters.